The van der Waals surface area contributed by atoms with E-state index in [0.717, 1.165) is 11.8 Å². The molecule has 4 heteroatoms. The smallest absolute Gasteiger partial charge is 0.192 e. The van der Waals surface area contributed by atoms with E-state index in [0.29, 0.717) is 10.5 Å². The third-order valence-corrected chi connectivity index (χ3v) is 2.45. The molecule has 1 N–H and O–H groups in total. The monoisotopic (exact) mass is 198 g/mol. The Morgan fingerprint density at radius 1 is 1.31 bits per heavy atom. The average Bonchev–Trinajstić information content (AvgIpc) is 1.99. The van der Waals surface area contributed by atoms with Gasteiger partial charge in [-0.1, -0.05) is 11.8 Å². The van der Waals surface area contributed by atoms with E-state index in [1.807, 2.05) is 0 Å². The number of hydrogen-bond donors (Lipinski definition) is 1. The Labute approximate surface area is 80.5 Å². The van der Waals surface area contributed by atoms with Crippen LogP contribution in [0.1, 0.15) is 13.8 Å². The number of thioether (sulfide) groups is 1. The standard InChI is InChI=1S/C9H10O3S/c1-5-3-8(12)9(4-7(5)11)13-6(2)10/h3-4,6,10H,1-2H3. The van der Waals surface area contributed by atoms with Crippen LogP contribution < -0.4 is 0 Å². The van der Waals surface area contributed by atoms with Crippen LogP contribution >= 0.6 is 11.8 Å². The largest absolute Gasteiger partial charge is 0.382 e. The topological polar surface area (TPSA) is 54.4 Å². The van der Waals surface area contributed by atoms with E-state index in [2.05, 4.69) is 0 Å². The molecular weight excluding hydrogens is 188 g/mol. The summed E-state index contributed by atoms with van der Waals surface area (Å²) in [6.07, 6.45) is 2.57. The molecule has 0 aromatic carbocycles. The third-order valence-electron chi connectivity index (χ3n) is 1.54. The van der Waals surface area contributed by atoms with Crippen molar-refractivity contribution in [2.24, 2.45) is 0 Å². The van der Waals surface area contributed by atoms with E-state index in [-0.39, 0.29) is 11.6 Å². The van der Waals surface area contributed by atoms with E-state index >= 15 is 0 Å². The molecule has 0 aromatic rings. The fourth-order valence-electron chi connectivity index (χ4n) is 0.919. The van der Waals surface area contributed by atoms with Crippen molar-refractivity contribution in [3.8, 4) is 0 Å². The summed E-state index contributed by atoms with van der Waals surface area (Å²) < 4.78 is 0. The molecule has 0 amide bonds. The van der Waals surface area contributed by atoms with Crippen molar-refractivity contribution in [2.45, 2.75) is 19.3 Å². The molecule has 1 rings (SSSR count). The van der Waals surface area contributed by atoms with Crippen molar-refractivity contribution >= 4 is 23.3 Å². The second-order valence-corrected chi connectivity index (χ2v) is 4.14. The molecule has 70 valence electrons. The van der Waals surface area contributed by atoms with E-state index in [1.54, 1.807) is 13.8 Å². The summed E-state index contributed by atoms with van der Waals surface area (Å²) in [6.45, 7) is 3.15. The predicted octanol–water partition coefficient (Wildman–Crippen LogP) is 1.04. The van der Waals surface area contributed by atoms with E-state index in [9.17, 15) is 9.59 Å². The van der Waals surface area contributed by atoms with Crippen molar-refractivity contribution in [1.29, 1.82) is 0 Å². The summed E-state index contributed by atoms with van der Waals surface area (Å²) in [5.41, 5.74) is -0.227. The molecule has 0 spiro atoms. The Kier molecular flexibility index (Phi) is 3.06. The zero-order valence-corrected chi connectivity index (χ0v) is 8.22. The molecule has 0 radical (unpaired) electrons. The Morgan fingerprint density at radius 3 is 2.46 bits per heavy atom. The van der Waals surface area contributed by atoms with Crippen LogP contribution in [0.3, 0.4) is 0 Å². The lowest BCUT2D eigenvalue weighted by Gasteiger charge is -2.10. The maximum absolute atomic E-state index is 11.3. The summed E-state index contributed by atoms with van der Waals surface area (Å²) in [5, 5.41) is 9.01. The number of carbonyl (C=O) groups excluding carboxylic acids is 2. The number of aliphatic hydroxyl groups is 1. The molecule has 0 heterocycles. The first-order valence-corrected chi connectivity index (χ1v) is 4.72. The Morgan fingerprint density at radius 2 is 1.92 bits per heavy atom. The molecule has 13 heavy (non-hydrogen) atoms. The lowest BCUT2D eigenvalue weighted by Crippen LogP contribution is -2.11. The Balaban J connectivity index is 2.83. The number of allylic oxidation sites excluding steroid dienone is 4. The third kappa shape index (κ3) is 2.54. The molecular formula is C9H10O3S. The van der Waals surface area contributed by atoms with Gasteiger partial charge in [0.25, 0.3) is 0 Å². The second-order valence-electron chi connectivity index (χ2n) is 2.78. The molecule has 3 nitrogen and oxygen atoms in total. The molecule has 0 bridgehead atoms. The SMILES string of the molecule is CC1=CC(=O)C(SC(C)O)=CC1=O. The van der Waals surface area contributed by atoms with E-state index in [4.69, 9.17) is 5.11 Å². The van der Waals surface area contributed by atoms with Gasteiger partial charge in [-0.3, -0.25) is 9.59 Å². The van der Waals surface area contributed by atoms with Crippen LogP contribution in [0.5, 0.6) is 0 Å². The van der Waals surface area contributed by atoms with Gasteiger partial charge in [0, 0.05) is 11.6 Å². The minimum Gasteiger partial charge on any atom is -0.382 e. The van der Waals surface area contributed by atoms with Crippen LogP contribution in [0.4, 0.5) is 0 Å². The molecule has 1 aliphatic rings. The van der Waals surface area contributed by atoms with Crippen molar-refractivity contribution in [3.05, 3.63) is 22.6 Å². The molecule has 0 saturated carbocycles. The van der Waals surface area contributed by atoms with Crippen LogP contribution in [0.2, 0.25) is 0 Å². The van der Waals surface area contributed by atoms with Crippen LogP contribution in [-0.4, -0.2) is 22.1 Å². The number of aliphatic hydroxyl groups excluding tert-OH is 1. The van der Waals surface area contributed by atoms with Gasteiger partial charge in [-0.25, -0.2) is 0 Å². The minimum atomic E-state index is -0.671. The average molecular weight is 198 g/mol. The van der Waals surface area contributed by atoms with Gasteiger partial charge >= 0.3 is 0 Å². The van der Waals surface area contributed by atoms with Gasteiger partial charge < -0.3 is 5.11 Å². The summed E-state index contributed by atoms with van der Waals surface area (Å²) >= 11 is 0.991. The van der Waals surface area contributed by atoms with Gasteiger partial charge in [-0.2, -0.15) is 0 Å². The lowest BCUT2D eigenvalue weighted by molar-refractivity contribution is -0.114. The van der Waals surface area contributed by atoms with Crippen molar-refractivity contribution < 1.29 is 14.7 Å². The highest BCUT2D eigenvalue weighted by molar-refractivity contribution is 8.04. The van der Waals surface area contributed by atoms with Crippen LogP contribution in [0.25, 0.3) is 0 Å². The molecule has 0 aromatic heterocycles. The zero-order chi connectivity index (χ0) is 10.0. The molecule has 1 aliphatic carbocycles. The zero-order valence-electron chi connectivity index (χ0n) is 7.40. The fraction of sp³-hybridized carbons (Fsp3) is 0.333. The van der Waals surface area contributed by atoms with Crippen molar-refractivity contribution in [1.82, 2.24) is 0 Å². The maximum Gasteiger partial charge on any atom is 0.192 e. The number of carbonyl (C=O) groups is 2. The fourth-order valence-corrected chi connectivity index (χ4v) is 1.64. The number of rotatable bonds is 2. The normalized spacial score (nSPS) is 19.6. The van der Waals surface area contributed by atoms with Crippen LogP contribution in [0, 0.1) is 0 Å². The lowest BCUT2D eigenvalue weighted by atomic mass is 10.1. The molecule has 1 unspecified atom stereocenters. The molecule has 0 fully saturated rings. The molecule has 1 atom stereocenters. The Hall–Kier alpha value is -0.870. The molecule has 0 saturated heterocycles. The van der Waals surface area contributed by atoms with Gasteiger partial charge in [0.15, 0.2) is 11.6 Å². The highest BCUT2D eigenvalue weighted by Gasteiger charge is 2.18. The minimum absolute atomic E-state index is 0.164. The number of ketones is 2. The number of hydrogen-bond acceptors (Lipinski definition) is 4. The van der Waals surface area contributed by atoms with Crippen LogP contribution in [-0.2, 0) is 9.59 Å². The Bertz CT molecular complexity index is 313. The summed E-state index contributed by atoms with van der Waals surface area (Å²) in [4.78, 5) is 22.7. The maximum atomic E-state index is 11.3. The first-order valence-electron chi connectivity index (χ1n) is 3.84. The quantitative estimate of drug-likeness (QED) is 0.532. The van der Waals surface area contributed by atoms with Crippen molar-refractivity contribution in [3.63, 3.8) is 0 Å². The van der Waals surface area contributed by atoms with Gasteiger partial charge in [-0.05, 0) is 19.9 Å². The van der Waals surface area contributed by atoms with E-state index in [1.165, 1.54) is 12.2 Å². The van der Waals surface area contributed by atoms with Crippen LogP contribution in [0.15, 0.2) is 22.6 Å². The van der Waals surface area contributed by atoms with E-state index < -0.39 is 5.44 Å². The first kappa shape index (κ1) is 10.2. The highest BCUT2D eigenvalue weighted by Crippen LogP contribution is 2.24. The summed E-state index contributed by atoms with van der Waals surface area (Å²) in [7, 11) is 0. The summed E-state index contributed by atoms with van der Waals surface area (Å²) in [5.74, 6) is -0.370. The predicted molar refractivity (Wildman–Crippen MR) is 51.1 cm³/mol. The van der Waals surface area contributed by atoms with Gasteiger partial charge in [-0.15, -0.1) is 0 Å². The van der Waals surface area contributed by atoms with Gasteiger partial charge in [0.05, 0.1) is 4.91 Å². The highest BCUT2D eigenvalue weighted by atomic mass is 32.2. The van der Waals surface area contributed by atoms with Crippen molar-refractivity contribution in [2.75, 3.05) is 0 Å². The molecule has 0 aliphatic heterocycles. The first-order chi connectivity index (χ1) is 6.00. The van der Waals surface area contributed by atoms with Gasteiger partial charge in [0.2, 0.25) is 0 Å². The second kappa shape index (κ2) is 3.89. The van der Waals surface area contributed by atoms with Gasteiger partial charge in [0.1, 0.15) is 5.44 Å². The summed E-state index contributed by atoms with van der Waals surface area (Å²) in [6, 6.07) is 0.